The van der Waals surface area contributed by atoms with Crippen LogP contribution in [0, 0.1) is 0 Å². The number of hydrogen-bond acceptors (Lipinski definition) is 3. The molecule has 0 amide bonds. The quantitative estimate of drug-likeness (QED) is 0.618. The largest absolute Gasteiger partial charge is 0.493 e. The van der Waals surface area contributed by atoms with Crippen molar-refractivity contribution in [1.29, 1.82) is 0 Å². The number of H-pyrrole nitrogens is 1. The van der Waals surface area contributed by atoms with Gasteiger partial charge in [0.15, 0.2) is 11.5 Å². The summed E-state index contributed by atoms with van der Waals surface area (Å²) in [6.07, 6.45) is 4.09. The van der Waals surface area contributed by atoms with Gasteiger partial charge in [0.1, 0.15) is 0 Å². The molecule has 0 saturated carbocycles. The minimum absolute atomic E-state index is 0.777. The van der Waals surface area contributed by atoms with Gasteiger partial charge in [-0.15, -0.1) is 0 Å². The molecule has 4 heteroatoms. The zero-order valence-corrected chi connectivity index (χ0v) is 14.3. The molecule has 0 fully saturated rings. The van der Waals surface area contributed by atoms with Crippen molar-refractivity contribution in [2.45, 2.75) is 19.4 Å². The van der Waals surface area contributed by atoms with E-state index < -0.39 is 0 Å². The van der Waals surface area contributed by atoms with Crippen molar-refractivity contribution in [2.75, 3.05) is 20.8 Å². The molecule has 3 aromatic rings. The second-order valence-electron chi connectivity index (χ2n) is 5.83. The summed E-state index contributed by atoms with van der Waals surface area (Å²) in [5.41, 5.74) is 3.79. The maximum absolute atomic E-state index is 5.35. The van der Waals surface area contributed by atoms with Gasteiger partial charge in [-0.2, -0.15) is 0 Å². The summed E-state index contributed by atoms with van der Waals surface area (Å²) >= 11 is 0. The number of nitrogens with one attached hydrogen (secondary N) is 2. The number of benzene rings is 2. The van der Waals surface area contributed by atoms with E-state index in [1.807, 2.05) is 12.3 Å². The first-order valence-electron chi connectivity index (χ1n) is 8.28. The molecule has 0 spiro atoms. The Balaban J connectivity index is 1.48. The highest BCUT2D eigenvalue weighted by molar-refractivity contribution is 5.82. The van der Waals surface area contributed by atoms with Crippen LogP contribution in [0.15, 0.2) is 48.7 Å². The number of aromatic nitrogens is 1. The zero-order chi connectivity index (χ0) is 16.8. The molecule has 24 heavy (non-hydrogen) atoms. The lowest BCUT2D eigenvalue weighted by Gasteiger charge is -2.10. The maximum atomic E-state index is 5.35. The van der Waals surface area contributed by atoms with Crippen LogP contribution in [0.25, 0.3) is 10.9 Å². The number of hydrogen-bond donors (Lipinski definition) is 2. The lowest BCUT2D eigenvalue weighted by Crippen LogP contribution is -2.15. The SMILES string of the molecule is COc1ccc(CCCNCc2cccc3[nH]ccc23)cc1OC. The van der Waals surface area contributed by atoms with Crippen LogP contribution >= 0.6 is 0 Å². The van der Waals surface area contributed by atoms with E-state index in [9.17, 15) is 0 Å². The third-order valence-corrected chi connectivity index (χ3v) is 4.27. The first kappa shape index (κ1) is 16.4. The fourth-order valence-electron chi connectivity index (χ4n) is 2.98. The van der Waals surface area contributed by atoms with E-state index in [0.29, 0.717) is 0 Å². The fourth-order valence-corrected chi connectivity index (χ4v) is 2.98. The molecule has 3 rings (SSSR count). The maximum Gasteiger partial charge on any atom is 0.160 e. The van der Waals surface area contributed by atoms with Crippen LogP contribution in [0.3, 0.4) is 0 Å². The molecule has 2 aromatic carbocycles. The zero-order valence-electron chi connectivity index (χ0n) is 14.3. The Morgan fingerprint density at radius 3 is 2.71 bits per heavy atom. The molecule has 0 aliphatic carbocycles. The predicted molar refractivity (Wildman–Crippen MR) is 97.9 cm³/mol. The van der Waals surface area contributed by atoms with Gasteiger partial charge in [0.05, 0.1) is 14.2 Å². The Morgan fingerprint density at radius 1 is 1.00 bits per heavy atom. The molecule has 0 saturated heterocycles. The number of fused-ring (bicyclic) bond motifs is 1. The first-order valence-corrected chi connectivity index (χ1v) is 8.28. The summed E-state index contributed by atoms with van der Waals surface area (Å²) in [6, 6.07) is 14.6. The highest BCUT2D eigenvalue weighted by Gasteiger charge is 2.05. The van der Waals surface area contributed by atoms with Gasteiger partial charge in [-0.3, -0.25) is 0 Å². The van der Waals surface area contributed by atoms with Crippen LogP contribution in [0.4, 0.5) is 0 Å². The number of ether oxygens (including phenoxy) is 2. The highest BCUT2D eigenvalue weighted by atomic mass is 16.5. The molecule has 1 heterocycles. The van der Waals surface area contributed by atoms with Crippen molar-refractivity contribution in [3.05, 3.63) is 59.8 Å². The third kappa shape index (κ3) is 3.71. The van der Waals surface area contributed by atoms with Crippen LogP contribution in [0.5, 0.6) is 11.5 Å². The van der Waals surface area contributed by atoms with E-state index in [2.05, 4.69) is 46.7 Å². The molecule has 4 nitrogen and oxygen atoms in total. The molecular weight excluding hydrogens is 300 g/mol. The van der Waals surface area contributed by atoms with Crippen LogP contribution < -0.4 is 14.8 Å². The Bertz CT molecular complexity index is 795. The van der Waals surface area contributed by atoms with Crippen molar-refractivity contribution in [2.24, 2.45) is 0 Å². The lowest BCUT2D eigenvalue weighted by atomic mass is 10.1. The van der Waals surface area contributed by atoms with Crippen LogP contribution in [-0.2, 0) is 13.0 Å². The van der Waals surface area contributed by atoms with E-state index >= 15 is 0 Å². The van der Waals surface area contributed by atoms with Crippen molar-refractivity contribution in [3.63, 3.8) is 0 Å². The summed E-state index contributed by atoms with van der Waals surface area (Å²) in [7, 11) is 3.33. The van der Waals surface area contributed by atoms with E-state index in [1.54, 1.807) is 14.2 Å². The van der Waals surface area contributed by atoms with Gasteiger partial charge in [0.2, 0.25) is 0 Å². The monoisotopic (exact) mass is 324 g/mol. The number of aryl methyl sites for hydroxylation is 1. The average Bonchev–Trinajstić information content (AvgIpc) is 3.10. The molecule has 0 aliphatic rings. The predicted octanol–water partition coefficient (Wildman–Crippen LogP) is 3.91. The molecule has 0 radical (unpaired) electrons. The Kier molecular flexibility index (Phi) is 5.39. The minimum atomic E-state index is 0.777. The molecule has 0 bridgehead atoms. The molecule has 2 N–H and O–H groups in total. The number of rotatable bonds is 8. The van der Waals surface area contributed by atoms with Gasteiger partial charge in [-0.25, -0.2) is 0 Å². The van der Waals surface area contributed by atoms with E-state index in [0.717, 1.165) is 37.4 Å². The van der Waals surface area contributed by atoms with Gasteiger partial charge in [-0.05, 0) is 54.8 Å². The number of methoxy groups -OCH3 is 2. The van der Waals surface area contributed by atoms with Crippen molar-refractivity contribution >= 4 is 10.9 Å². The van der Waals surface area contributed by atoms with Crippen molar-refractivity contribution in [3.8, 4) is 11.5 Å². The molecule has 0 aliphatic heterocycles. The highest BCUT2D eigenvalue weighted by Crippen LogP contribution is 2.27. The first-order chi connectivity index (χ1) is 11.8. The van der Waals surface area contributed by atoms with Gasteiger partial charge >= 0.3 is 0 Å². The van der Waals surface area contributed by atoms with Crippen LogP contribution in [0.2, 0.25) is 0 Å². The Morgan fingerprint density at radius 2 is 1.88 bits per heavy atom. The van der Waals surface area contributed by atoms with Crippen LogP contribution in [0.1, 0.15) is 17.5 Å². The normalized spacial score (nSPS) is 10.9. The molecular formula is C20H24N2O2. The van der Waals surface area contributed by atoms with Gasteiger partial charge in [0.25, 0.3) is 0 Å². The summed E-state index contributed by atoms with van der Waals surface area (Å²) in [5.74, 6) is 1.57. The van der Waals surface area contributed by atoms with Crippen molar-refractivity contribution < 1.29 is 9.47 Å². The summed E-state index contributed by atoms with van der Waals surface area (Å²) in [6.45, 7) is 1.87. The van der Waals surface area contributed by atoms with E-state index in [-0.39, 0.29) is 0 Å². The van der Waals surface area contributed by atoms with Crippen molar-refractivity contribution in [1.82, 2.24) is 10.3 Å². The lowest BCUT2D eigenvalue weighted by molar-refractivity contribution is 0.354. The molecule has 1 aromatic heterocycles. The average molecular weight is 324 g/mol. The van der Waals surface area contributed by atoms with Gasteiger partial charge in [-0.1, -0.05) is 18.2 Å². The van der Waals surface area contributed by atoms with E-state index in [4.69, 9.17) is 9.47 Å². The second kappa shape index (κ2) is 7.88. The summed E-state index contributed by atoms with van der Waals surface area (Å²) in [5, 5.41) is 4.83. The van der Waals surface area contributed by atoms with E-state index in [1.165, 1.54) is 22.0 Å². The standard InChI is InChI=1S/C20H24N2O2/c1-23-19-9-8-15(13-20(19)24-2)5-4-11-21-14-16-6-3-7-18-17(16)10-12-22-18/h3,6-10,12-13,21-22H,4-5,11,14H2,1-2H3. The Hall–Kier alpha value is -2.46. The summed E-state index contributed by atoms with van der Waals surface area (Å²) < 4.78 is 10.6. The molecule has 126 valence electrons. The molecule has 0 atom stereocenters. The fraction of sp³-hybridized carbons (Fsp3) is 0.300. The smallest absolute Gasteiger partial charge is 0.160 e. The Labute approximate surface area is 142 Å². The topological polar surface area (TPSA) is 46.3 Å². The van der Waals surface area contributed by atoms with Gasteiger partial charge in [0, 0.05) is 23.6 Å². The summed E-state index contributed by atoms with van der Waals surface area (Å²) in [4.78, 5) is 3.25. The van der Waals surface area contributed by atoms with Gasteiger partial charge < -0.3 is 19.8 Å². The number of aromatic amines is 1. The molecule has 0 unspecified atom stereocenters. The second-order valence-corrected chi connectivity index (χ2v) is 5.83. The third-order valence-electron chi connectivity index (χ3n) is 4.27. The minimum Gasteiger partial charge on any atom is -0.493 e. The van der Waals surface area contributed by atoms with Crippen LogP contribution in [-0.4, -0.2) is 25.7 Å².